The van der Waals surface area contributed by atoms with Crippen LogP contribution in [0.5, 0.6) is 0 Å². The highest BCUT2D eigenvalue weighted by Crippen LogP contribution is 2.26. The molecule has 5 rings (SSSR count). The largest absolute Gasteiger partial charge is 0.361 e. The topological polar surface area (TPSA) is 89.9 Å². The van der Waals surface area contributed by atoms with Crippen molar-refractivity contribution in [2.24, 2.45) is 7.05 Å². The summed E-state index contributed by atoms with van der Waals surface area (Å²) in [6.45, 7) is 2.88. The van der Waals surface area contributed by atoms with Crippen molar-refractivity contribution in [3.05, 3.63) is 59.5 Å². The normalized spacial score (nSPS) is 13.7. The molecule has 0 aromatic carbocycles. The quantitative estimate of drug-likeness (QED) is 0.536. The first-order valence-electron chi connectivity index (χ1n) is 9.07. The van der Waals surface area contributed by atoms with E-state index in [1.807, 2.05) is 25.6 Å². The molecule has 1 amide bonds. The number of carbonyl (C=O) groups is 1. The molecule has 0 aliphatic carbocycles. The smallest absolute Gasteiger partial charge is 0.276 e. The monoisotopic (exact) mass is 374 g/mol. The van der Waals surface area contributed by atoms with Crippen LogP contribution < -0.4 is 0 Å². The van der Waals surface area contributed by atoms with Gasteiger partial charge in [0, 0.05) is 67.2 Å². The second-order valence-electron chi connectivity index (χ2n) is 7.07. The van der Waals surface area contributed by atoms with Crippen LogP contribution in [0.15, 0.2) is 41.3 Å². The average molecular weight is 374 g/mol. The predicted octanol–water partition coefficient (Wildman–Crippen LogP) is 2.53. The second kappa shape index (κ2) is 6.26. The number of pyridine rings is 2. The van der Waals surface area contributed by atoms with Gasteiger partial charge in [-0.2, -0.15) is 5.10 Å². The van der Waals surface area contributed by atoms with Crippen molar-refractivity contribution < 1.29 is 9.32 Å². The molecule has 8 heteroatoms. The zero-order valence-corrected chi connectivity index (χ0v) is 15.6. The molecule has 8 nitrogen and oxygen atoms in total. The van der Waals surface area contributed by atoms with Crippen LogP contribution in [0.25, 0.3) is 22.2 Å². The van der Waals surface area contributed by atoms with Crippen LogP contribution in [0.2, 0.25) is 0 Å². The van der Waals surface area contributed by atoms with E-state index in [-0.39, 0.29) is 5.91 Å². The number of carbonyl (C=O) groups excluding carboxylic acids is 1. The van der Waals surface area contributed by atoms with E-state index in [4.69, 9.17) is 9.51 Å². The van der Waals surface area contributed by atoms with Crippen LogP contribution >= 0.6 is 0 Å². The lowest BCUT2D eigenvalue weighted by atomic mass is 10.0. The minimum absolute atomic E-state index is 0.121. The number of fused-ring (bicyclic) bond motifs is 2. The van der Waals surface area contributed by atoms with Gasteiger partial charge in [-0.3, -0.25) is 9.48 Å². The van der Waals surface area contributed by atoms with Gasteiger partial charge in [0.05, 0.1) is 6.20 Å². The Morgan fingerprint density at radius 2 is 2.07 bits per heavy atom. The van der Waals surface area contributed by atoms with Crippen LogP contribution in [-0.4, -0.2) is 42.3 Å². The van der Waals surface area contributed by atoms with E-state index < -0.39 is 0 Å². The van der Waals surface area contributed by atoms with Crippen LogP contribution in [0.4, 0.5) is 0 Å². The van der Waals surface area contributed by atoms with E-state index in [1.54, 1.807) is 22.6 Å². The average Bonchev–Trinajstić information content (AvgIpc) is 3.33. The Kier molecular flexibility index (Phi) is 3.71. The lowest BCUT2D eigenvalue weighted by Gasteiger charge is -2.27. The number of aryl methyl sites for hydroxylation is 2. The first-order valence-corrected chi connectivity index (χ1v) is 9.07. The Morgan fingerprint density at radius 3 is 2.82 bits per heavy atom. The minimum Gasteiger partial charge on any atom is -0.361 e. The molecule has 0 N–H and O–H groups in total. The molecule has 4 aromatic rings. The lowest BCUT2D eigenvalue weighted by molar-refractivity contribution is 0.0723. The molecule has 1 aliphatic rings. The van der Waals surface area contributed by atoms with Crippen molar-refractivity contribution in [1.82, 2.24) is 29.8 Å². The van der Waals surface area contributed by atoms with Crippen molar-refractivity contribution in [2.75, 3.05) is 6.54 Å². The molecule has 0 spiro atoms. The molecule has 28 heavy (non-hydrogen) atoms. The van der Waals surface area contributed by atoms with Gasteiger partial charge in [0.2, 0.25) is 0 Å². The number of rotatable bonds is 2. The Labute approximate surface area is 160 Å². The maximum atomic E-state index is 12.7. The number of hydrogen-bond donors (Lipinski definition) is 0. The van der Waals surface area contributed by atoms with Gasteiger partial charge in [0.15, 0.2) is 11.3 Å². The maximum absolute atomic E-state index is 12.7. The SMILES string of the molecule is Cc1cc(C(=O)N2CCc3nc4ncc(-c5cnn(C)c5)cc4cc3C2)no1. The summed E-state index contributed by atoms with van der Waals surface area (Å²) in [5.74, 6) is 0.507. The van der Waals surface area contributed by atoms with Gasteiger partial charge in [-0.25, -0.2) is 9.97 Å². The first kappa shape index (κ1) is 16.6. The van der Waals surface area contributed by atoms with Gasteiger partial charge < -0.3 is 9.42 Å². The second-order valence-corrected chi connectivity index (χ2v) is 7.07. The van der Waals surface area contributed by atoms with E-state index in [0.717, 1.165) is 33.4 Å². The Bertz CT molecular complexity index is 1210. The van der Waals surface area contributed by atoms with E-state index >= 15 is 0 Å². The molecule has 4 aromatic heterocycles. The van der Waals surface area contributed by atoms with Gasteiger partial charge >= 0.3 is 0 Å². The highest BCUT2D eigenvalue weighted by molar-refractivity contribution is 5.92. The molecule has 0 radical (unpaired) electrons. The van der Waals surface area contributed by atoms with E-state index in [1.165, 1.54) is 0 Å². The van der Waals surface area contributed by atoms with E-state index in [2.05, 4.69) is 27.4 Å². The Hall–Kier alpha value is -3.55. The number of aromatic nitrogens is 5. The molecular formula is C20H18N6O2. The molecule has 0 atom stereocenters. The maximum Gasteiger partial charge on any atom is 0.276 e. The number of nitrogens with zero attached hydrogens (tertiary/aromatic N) is 6. The summed E-state index contributed by atoms with van der Waals surface area (Å²) in [5.41, 5.74) is 5.09. The van der Waals surface area contributed by atoms with Crippen LogP contribution in [-0.2, 0) is 20.0 Å². The van der Waals surface area contributed by atoms with Crippen LogP contribution in [0.3, 0.4) is 0 Å². The van der Waals surface area contributed by atoms with Gasteiger partial charge in [-0.05, 0) is 24.6 Å². The fourth-order valence-electron chi connectivity index (χ4n) is 3.55. The van der Waals surface area contributed by atoms with Gasteiger partial charge in [0.25, 0.3) is 5.91 Å². The summed E-state index contributed by atoms with van der Waals surface area (Å²) in [4.78, 5) is 23.7. The Morgan fingerprint density at radius 1 is 1.18 bits per heavy atom. The van der Waals surface area contributed by atoms with Crippen molar-refractivity contribution in [1.29, 1.82) is 0 Å². The molecule has 0 unspecified atom stereocenters. The first-order chi connectivity index (χ1) is 13.6. The molecule has 5 heterocycles. The van der Waals surface area contributed by atoms with Gasteiger partial charge in [-0.1, -0.05) is 5.16 Å². The zero-order chi connectivity index (χ0) is 19.3. The summed E-state index contributed by atoms with van der Waals surface area (Å²) in [7, 11) is 1.89. The fourth-order valence-corrected chi connectivity index (χ4v) is 3.55. The molecule has 140 valence electrons. The fraction of sp³-hybridized carbons (Fsp3) is 0.250. The zero-order valence-electron chi connectivity index (χ0n) is 15.6. The summed E-state index contributed by atoms with van der Waals surface area (Å²) in [6.07, 6.45) is 6.29. The van der Waals surface area contributed by atoms with Gasteiger partial charge in [-0.15, -0.1) is 0 Å². The molecule has 1 aliphatic heterocycles. The molecule has 0 fully saturated rings. The van der Waals surface area contributed by atoms with Crippen molar-refractivity contribution >= 4 is 16.9 Å². The van der Waals surface area contributed by atoms with E-state index in [9.17, 15) is 4.79 Å². The van der Waals surface area contributed by atoms with Crippen molar-refractivity contribution in [3.8, 4) is 11.1 Å². The van der Waals surface area contributed by atoms with Crippen LogP contribution in [0.1, 0.15) is 27.5 Å². The third-order valence-corrected chi connectivity index (χ3v) is 4.99. The van der Waals surface area contributed by atoms with Crippen molar-refractivity contribution in [3.63, 3.8) is 0 Å². The van der Waals surface area contributed by atoms with Crippen molar-refractivity contribution in [2.45, 2.75) is 19.9 Å². The Balaban J connectivity index is 1.48. The minimum atomic E-state index is -0.121. The third kappa shape index (κ3) is 2.83. The van der Waals surface area contributed by atoms with Crippen LogP contribution in [0, 0.1) is 6.92 Å². The molecular weight excluding hydrogens is 356 g/mol. The molecule has 0 saturated heterocycles. The summed E-state index contributed by atoms with van der Waals surface area (Å²) < 4.78 is 6.80. The third-order valence-electron chi connectivity index (χ3n) is 4.99. The summed E-state index contributed by atoms with van der Waals surface area (Å²) >= 11 is 0. The van der Waals surface area contributed by atoms with E-state index in [0.29, 0.717) is 31.0 Å². The number of amides is 1. The predicted molar refractivity (Wildman–Crippen MR) is 101 cm³/mol. The summed E-state index contributed by atoms with van der Waals surface area (Å²) in [5, 5.41) is 9.01. The lowest BCUT2D eigenvalue weighted by Crippen LogP contribution is -2.36. The molecule has 0 saturated carbocycles. The van der Waals surface area contributed by atoms with Gasteiger partial charge in [0.1, 0.15) is 5.76 Å². The number of hydrogen-bond acceptors (Lipinski definition) is 6. The molecule has 0 bridgehead atoms. The summed E-state index contributed by atoms with van der Waals surface area (Å²) in [6, 6.07) is 5.81. The standard InChI is InChI=1S/C20H18N6O2/c1-12-5-18(24-28-12)20(27)26-4-3-17-15(11-26)7-13-6-14(8-21-19(13)23-17)16-9-22-25(2)10-16/h5-10H,3-4,11H2,1-2H3. The highest BCUT2D eigenvalue weighted by atomic mass is 16.5. The highest BCUT2D eigenvalue weighted by Gasteiger charge is 2.25.